The maximum Gasteiger partial charge on any atom is 0.191 e. The third-order valence-corrected chi connectivity index (χ3v) is 4.13. The molecule has 128 valence electrons. The van der Waals surface area contributed by atoms with Gasteiger partial charge in [-0.3, -0.25) is 9.98 Å². The highest BCUT2D eigenvalue weighted by Gasteiger charge is 2.08. The lowest BCUT2D eigenvalue weighted by Gasteiger charge is -2.18. The van der Waals surface area contributed by atoms with Gasteiger partial charge in [0.15, 0.2) is 5.96 Å². The summed E-state index contributed by atoms with van der Waals surface area (Å²) in [6, 6.07) is 6.04. The maximum absolute atomic E-state index is 4.70. The number of guanidine groups is 1. The molecule has 1 aliphatic heterocycles. The van der Waals surface area contributed by atoms with Gasteiger partial charge in [-0.25, -0.2) is 0 Å². The molecule has 2 heterocycles. The number of aromatic nitrogens is 1. The van der Waals surface area contributed by atoms with Crippen molar-refractivity contribution in [3.05, 3.63) is 30.1 Å². The van der Waals surface area contributed by atoms with Gasteiger partial charge in [0.05, 0.1) is 6.54 Å². The number of pyridine rings is 1. The molecule has 1 fully saturated rings. The normalized spacial score (nSPS) is 16.8. The van der Waals surface area contributed by atoms with Crippen LogP contribution in [0.25, 0.3) is 0 Å². The van der Waals surface area contributed by atoms with Crippen molar-refractivity contribution in [1.29, 1.82) is 0 Å². The summed E-state index contributed by atoms with van der Waals surface area (Å²) in [6.07, 6.45) is 8.21. The summed E-state index contributed by atoms with van der Waals surface area (Å²) in [5.41, 5.74) is 1.11. The monoisotopic (exact) mass is 317 g/mol. The molecule has 5 nitrogen and oxygen atoms in total. The quantitative estimate of drug-likeness (QED) is 0.597. The van der Waals surface area contributed by atoms with Crippen LogP contribution in [-0.2, 0) is 6.42 Å². The van der Waals surface area contributed by atoms with Gasteiger partial charge in [-0.1, -0.05) is 18.9 Å². The van der Waals surface area contributed by atoms with Gasteiger partial charge < -0.3 is 15.5 Å². The van der Waals surface area contributed by atoms with E-state index in [0.717, 1.165) is 44.3 Å². The van der Waals surface area contributed by atoms with E-state index in [2.05, 4.69) is 33.5 Å². The second kappa shape index (κ2) is 11.0. The van der Waals surface area contributed by atoms with Gasteiger partial charge >= 0.3 is 0 Å². The SMILES string of the molecule is CCNC(=NCCN1CCCCCC1)NCCc1ccccn1. The summed E-state index contributed by atoms with van der Waals surface area (Å²) >= 11 is 0. The van der Waals surface area contributed by atoms with Gasteiger partial charge in [0.2, 0.25) is 0 Å². The summed E-state index contributed by atoms with van der Waals surface area (Å²) in [7, 11) is 0. The van der Waals surface area contributed by atoms with E-state index in [1.54, 1.807) is 0 Å². The predicted octanol–water partition coefficient (Wildman–Crippen LogP) is 2.06. The van der Waals surface area contributed by atoms with Gasteiger partial charge in [-0.05, 0) is 45.0 Å². The Hall–Kier alpha value is -1.62. The van der Waals surface area contributed by atoms with Crippen LogP contribution in [0.1, 0.15) is 38.3 Å². The minimum atomic E-state index is 0.854. The molecular formula is C18H31N5. The number of nitrogens with one attached hydrogen (secondary N) is 2. The number of hydrogen-bond donors (Lipinski definition) is 2. The van der Waals surface area contributed by atoms with Crippen LogP contribution in [0.4, 0.5) is 0 Å². The van der Waals surface area contributed by atoms with Crippen molar-refractivity contribution in [2.45, 2.75) is 39.0 Å². The Morgan fingerprint density at radius 2 is 2.00 bits per heavy atom. The molecule has 0 unspecified atom stereocenters. The first-order valence-electron chi connectivity index (χ1n) is 9.03. The summed E-state index contributed by atoms with van der Waals surface area (Å²) in [6.45, 7) is 8.24. The molecule has 2 rings (SSSR count). The molecule has 1 aromatic heterocycles. The first-order chi connectivity index (χ1) is 11.4. The molecule has 5 heteroatoms. The van der Waals surface area contributed by atoms with Crippen LogP contribution in [-0.4, -0.2) is 55.1 Å². The van der Waals surface area contributed by atoms with Crippen LogP contribution in [0.5, 0.6) is 0 Å². The molecule has 0 radical (unpaired) electrons. The second-order valence-electron chi connectivity index (χ2n) is 6.01. The average molecular weight is 317 g/mol. The molecule has 0 saturated carbocycles. The predicted molar refractivity (Wildman–Crippen MR) is 96.8 cm³/mol. The molecule has 23 heavy (non-hydrogen) atoms. The van der Waals surface area contributed by atoms with E-state index in [-0.39, 0.29) is 0 Å². The van der Waals surface area contributed by atoms with Crippen LogP contribution in [0.2, 0.25) is 0 Å². The molecule has 0 spiro atoms. The number of rotatable bonds is 7. The van der Waals surface area contributed by atoms with Crippen LogP contribution in [0.15, 0.2) is 29.4 Å². The molecule has 1 aliphatic rings. The van der Waals surface area contributed by atoms with E-state index in [1.165, 1.54) is 38.8 Å². The largest absolute Gasteiger partial charge is 0.357 e. The average Bonchev–Trinajstić information content (AvgIpc) is 2.85. The Labute approximate surface area is 140 Å². The molecule has 1 saturated heterocycles. The highest BCUT2D eigenvalue weighted by Crippen LogP contribution is 2.08. The van der Waals surface area contributed by atoms with Gasteiger partial charge in [0, 0.05) is 37.9 Å². The Kier molecular flexibility index (Phi) is 8.48. The molecule has 2 N–H and O–H groups in total. The number of nitrogens with zero attached hydrogens (tertiary/aromatic N) is 3. The van der Waals surface area contributed by atoms with Gasteiger partial charge in [-0.15, -0.1) is 0 Å². The third-order valence-electron chi connectivity index (χ3n) is 4.13. The topological polar surface area (TPSA) is 52.6 Å². The first-order valence-corrected chi connectivity index (χ1v) is 9.03. The van der Waals surface area contributed by atoms with Crippen LogP contribution in [0.3, 0.4) is 0 Å². The van der Waals surface area contributed by atoms with E-state index in [4.69, 9.17) is 4.99 Å². The second-order valence-corrected chi connectivity index (χ2v) is 6.01. The molecule has 0 aliphatic carbocycles. The highest BCUT2D eigenvalue weighted by molar-refractivity contribution is 5.79. The van der Waals surface area contributed by atoms with Crippen molar-refractivity contribution in [1.82, 2.24) is 20.5 Å². The smallest absolute Gasteiger partial charge is 0.191 e. The summed E-state index contributed by atoms with van der Waals surface area (Å²) in [4.78, 5) is 11.6. The molecule has 0 aromatic carbocycles. The molecule has 0 bridgehead atoms. The molecule has 0 atom stereocenters. The Bertz CT molecular complexity index is 438. The zero-order chi connectivity index (χ0) is 16.2. The van der Waals surface area contributed by atoms with Crippen LogP contribution < -0.4 is 10.6 Å². The van der Waals surface area contributed by atoms with Crippen LogP contribution >= 0.6 is 0 Å². The minimum absolute atomic E-state index is 0.854. The summed E-state index contributed by atoms with van der Waals surface area (Å²) in [5.74, 6) is 0.915. The first kappa shape index (κ1) is 17.7. The minimum Gasteiger partial charge on any atom is -0.357 e. The zero-order valence-corrected chi connectivity index (χ0v) is 14.4. The van der Waals surface area contributed by atoms with E-state index in [9.17, 15) is 0 Å². The van der Waals surface area contributed by atoms with E-state index >= 15 is 0 Å². The van der Waals surface area contributed by atoms with E-state index in [1.807, 2.05) is 18.3 Å². The molecule has 0 amide bonds. The van der Waals surface area contributed by atoms with Crippen molar-refractivity contribution in [2.24, 2.45) is 4.99 Å². The zero-order valence-electron chi connectivity index (χ0n) is 14.4. The number of hydrogen-bond acceptors (Lipinski definition) is 3. The fourth-order valence-corrected chi connectivity index (χ4v) is 2.86. The molecule has 1 aromatic rings. The van der Waals surface area contributed by atoms with Gasteiger partial charge in [0.1, 0.15) is 0 Å². The van der Waals surface area contributed by atoms with Gasteiger partial charge in [-0.2, -0.15) is 0 Å². The fraction of sp³-hybridized carbons (Fsp3) is 0.667. The van der Waals surface area contributed by atoms with E-state index in [0.29, 0.717) is 0 Å². The Morgan fingerprint density at radius 3 is 2.70 bits per heavy atom. The van der Waals surface area contributed by atoms with Crippen molar-refractivity contribution >= 4 is 5.96 Å². The summed E-state index contributed by atoms with van der Waals surface area (Å²) in [5, 5.41) is 6.72. The third kappa shape index (κ3) is 7.46. The van der Waals surface area contributed by atoms with Crippen molar-refractivity contribution < 1.29 is 0 Å². The highest BCUT2D eigenvalue weighted by atomic mass is 15.2. The molecular weight excluding hydrogens is 286 g/mol. The number of likely N-dealkylation sites (tertiary alicyclic amines) is 1. The van der Waals surface area contributed by atoms with Crippen molar-refractivity contribution in [2.75, 3.05) is 39.3 Å². The lowest BCUT2D eigenvalue weighted by molar-refractivity contribution is 0.293. The van der Waals surface area contributed by atoms with E-state index < -0.39 is 0 Å². The maximum atomic E-state index is 4.70. The van der Waals surface area contributed by atoms with Crippen molar-refractivity contribution in [3.8, 4) is 0 Å². The Morgan fingerprint density at radius 1 is 1.17 bits per heavy atom. The van der Waals surface area contributed by atoms with Crippen molar-refractivity contribution in [3.63, 3.8) is 0 Å². The number of aliphatic imine (C=N–C) groups is 1. The van der Waals surface area contributed by atoms with Gasteiger partial charge in [0.25, 0.3) is 0 Å². The Balaban J connectivity index is 1.70. The standard InChI is InChI=1S/C18H31N5/c1-2-19-18(21-12-10-17-9-5-6-11-20-17)22-13-16-23-14-7-3-4-8-15-23/h5-6,9,11H,2-4,7-8,10,12-16H2,1H3,(H2,19,21,22). The van der Waals surface area contributed by atoms with Crippen LogP contribution in [0, 0.1) is 0 Å². The lowest BCUT2D eigenvalue weighted by atomic mass is 10.2. The lowest BCUT2D eigenvalue weighted by Crippen LogP contribution is -2.39. The fourth-order valence-electron chi connectivity index (χ4n) is 2.86. The summed E-state index contributed by atoms with van der Waals surface area (Å²) < 4.78 is 0.